The molecule has 7 heteroatoms. The van der Waals surface area contributed by atoms with Gasteiger partial charge < -0.3 is 14.7 Å². The third-order valence-electron chi connectivity index (χ3n) is 4.25. The third kappa shape index (κ3) is 4.11. The number of nitrogens with zero attached hydrogens (tertiary/aromatic N) is 4. The number of piperazine rings is 1. The molecule has 1 aliphatic heterocycles. The summed E-state index contributed by atoms with van der Waals surface area (Å²) in [5, 5.41) is 7.06. The van der Waals surface area contributed by atoms with Gasteiger partial charge in [-0.2, -0.15) is 0 Å². The van der Waals surface area contributed by atoms with Gasteiger partial charge in [-0.05, 0) is 25.5 Å². The van der Waals surface area contributed by atoms with Gasteiger partial charge in [0.2, 0.25) is 0 Å². The number of aryl methyl sites for hydroxylation is 1. The molecule has 128 valence electrons. The molecule has 0 aromatic carbocycles. The van der Waals surface area contributed by atoms with Crippen LogP contribution in [0.25, 0.3) is 0 Å². The molecule has 0 saturated carbocycles. The summed E-state index contributed by atoms with van der Waals surface area (Å²) in [5.41, 5.74) is 1.95. The van der Waals surface area contributed by atoms with Gasteiger partial charge in [0, 0.05) is 51.2 Å². The largest absolute Gasteiger partial charge is 0.361 e. The first-order valence-corrected chi connectivity index (χ1v) is 8.22. The fourth-order valence-corrected chi connectivity index (χ4v) is 2.82. The van der Waals surface area contributed by atoms with Crippen molar-refractivity contribution in [2.45, 2.75) is 26.4 Å². The zero-order chi connectivity index (χ0) is 16.9. The molecular formula is C17H23N5O2. The molecule has 1 unspecified atom stereocenters. The maximum absolute atomic E-state index is 12.4. The topological polar surface area (TPSA) is 74.5 Å². The fourth-order valence-electron chi connectivity index (χ4n) is 2.82. The number of urea groups is 1. The highest BCUT2D eigenvalue weighted by molar-refractivity contribution is 5.74. The lowest BCUT2D eigenvalue weighted by Gasteiger charge is -2.34. The van der Waals surface area contributed by atoms with E-state index in [1.807, 2.05) is 36.9 Å². The summed E-state index contributed by atoms with van der Waals surface area (Å²) in [5.74, 6) is 0.826. The number of nitrogens with one attached hydrogen (secondary N) is 1. The van der Waals surface area contributed by atoms with Crippen LogP contribution in [0.4, 0.5) is 4.79 Å². The summed E-state index contributed by atoms with van der Waals surface area (Å²) in [6, 6.07) is 5.72. The number of carbonyl (C=O) groups excluding carboxylic acids is 1. The first-order valence-electron chi connectivity index (χ1n) is 8.22. The van der Waals surface area contributed by atoms with E-state index < -0.39 is 0 Å². The predicted octanol–water partition coefficient (Wildman–Crippen LogP) is 1.97. The van der Waals surface area contributed by atoms with Gasteiger partial charge in [0.05, 0.1) is 11.7 Å². The molecule has 0 spiro atoms. The summed E-state index contributed by atoms with van der Waals surface area (Å²) in [6.07, 6.45) is 3.51. The Balaban J connectivity index is 1.46. The molecule has 1 N–H and O–H groups in total. The molecule has 2 aromatic heterocycles. The lowest BCUT2D eigenvalue weighted by molar-refractivity contribution is 0.132. The van der Waals surface area contributed by atoms with E-state index in [2.05, 4.69) is 20.4 Å². The second-order valence-corrected chi connectivity index (χ2v) is 6.15. The van der Waals surface area contributed by atoms with Crippen LogP contribution < -0.4 is 5.32 Å². The minimum atomic E-state index is -0.0534. The SMILES string of the molecule is Cc1cc(CN2CCN(C(=O)NC(C)c3cccnc3)CC2)no1. The number of hydrogen-bond donors (Lipinski definition) is 1. The van der Waals surface area contributed by atoms with Gasteiger partial charge in [0.1, 0.15) is 5.76 Å². The van der Waals surface area contributed by atoms with Crippen molar-refractivity contribution in [3.63, 3.8) is 0 Å². The van der Waals surface area contributed by atoms with Crippen molar-refractivity contribution >= 4 is 6.03 Å². The molecule has 3 rings (SSSR count). The smallest absolute Gasteiger partial charge is 0.317 e. The highest BCUT2D eigenvalue weighted by Gasteiger charge is 2.23. The van der Waals surface area contributed by atoms with E-state index in [-0.39, 0.29) is 12.1 Å². The molecule has 0 radical (unpaired) electrons. The Morgan fingerprint density at radius 2 is 2.17 bits per heavy atom. The first-order chi connectivity index (χ1) is 11.6. The number of carbonyl (C=O) groups is 1. The molecule has 1 fully saturated rings. The molecular weight excluding hydrogens is 306 g/mol. The molecule has 24 heavy (non-hydrogen) atoms. The number of pyridine rings is 1. The van der Waals surface area contributed by atoms with Gasteiger partial charge in [0.15, 0.2) is 0 Å². The average Bonchev–Trinajstić information content (AvgIpc) is 3.01. The van der Waals surface area contributed by atoms with Crippen LogP contribution in [0.2, 0.25) is 0 Å². The quantitative estimate of drug-likeness (QED) is 0.928. The van der Waals surface area contributed by atoms with E-state index in [9.17, 15) is 4.79 Å². The summed E-state index contributed by atoms with van der Waals surface area (Å²) in [7, 11) is 0. The van der Waals surface area contributed by atoms with Crippen molar-refractivity contribution in [2.75, 3.05) is 26.2 Å². The van der Waals surface area contributed by atoms with Gasteiger partial charge in [-0.3, -0.25) is 9.88 Å². The average molecular weight is 329 g/mol. The normalized spacial score (nSPS) is 16.8. The predicted molar refractivity (Wildman–Crippen MR) is 89.3 cm³/mol. The van der Waals surface area contributed by atoms with Crippen LogP contribution in [0.15, 0.2) is 35.1 Å². The summed E-state index contributed by atoms with van der Waals surface area (Å²) < 4.78 is 5.09. The van der Waals surface area contributed by atoms with Gasteiger partial charge >= 0.3 is 6.03 Å². The van der Waals surface area contributed by atoms with Gasteiger partial charge in [-0.1, -0.05) is 11.2 Å². The molecule has 7 nitrogen and oxygen atoms in total. The molecule has 1 aliphatic rings. The van der Waals surface area contributed by atoms with Crippen molar-refractivity contribution in [1.29, 1.82) is 0 Å². The van der Waals surface area contributed by atoms with Crippen LogP contribution >= 0.6 is 0 Å². The molecule has 3 heterocycles. The van der Waals surface area contributed by atoms with Gasteiger partial charge in [0.25, 0.3) is 0 Å². The number of rotatable bonds is 4. The minimum absolute atomic E-state index is 0.0247. The second-order valence-electron chi connectivity index (χ2n) is 6.15. The van der Waals surface area contributed by atoms with E-state index in [1.165, 1.54) is 0 Å². The third-order valence-corrected chi connectivity index (χ3v) is 4.25. The van der Waals surface area contributed by atoms with Crippen molar-refractivity contribution < 1.29 is 9.32 Å². The molecule has 1 atom stereocenters. The van der Waals surface area contributed by atoms with Crippen molar-refractivity contribution in [3.05, 3.63) is 47.6 Å². The molecule has 2 amide bonds. The van der Waals surface area contributed by atoms with Crippen LogP contribution in [0.3, 0.4) is 0 Å². The first kappa shape index (κ1) is 16.4. The van der Waals surface area contributed by atoms with E-state index in [0.29, 0.717) is 13.1 Å². The number of aromatic nitrogens is 2. The Bertz CT molecular complexity index is 665. The highest BCUT2D eigenvalue weighted by Crippen LogP contribution is 2.12. The van der Waals surface area contributed by atoms with Crippen LogP contribution in [0, 0.1) is 6.92 Å². The highest BCUT2D eigenvalue weighted by atomic mass is 16.5. The maximum atomic E-state index is 12.4. The van der Waals surface area contributed by atoms with Crippen LogP contribution in [-0.4, -0.2) is 52.2 Å². The Morgan fingerprint density at radius 3 is 2.79 bits per heavy atom. The second kappa shape index (κ2) is 7.44. The monoisotopic (exact) mass is 329 g/mol. The van der Waals surface area contributed by atoms with Gasteiger partial charge in [-0.25, -0.2) is 4.79 Å². The van der Waals surface area contributed by atoms with Crippen molar-refractivity contribution in [1.82, 2.24) is 25.3 Å². The van der Waals surface area contributed by atoms with E-state index in [4.69, 9.17) is 4.52 Å². The fraction of sp³-hybridized carbons (Fsp3) is 0.471. The summed E-state index contributed by atoms with van der Waals surface area (Å²) >= 11 is 0. The minimum Gasteiger partial charge on any atom is -0.361 e. The van der Waals surface area contributed by atoms with Gasteiger partial charge in [-0.15, -0.1) is 0 Å². The lowest BCUT2D eigenvalue weighted by Crippen LogP contribution is -2.51. The zero-order valence-corrected chi connectivity index (χ0v) is 14.1. The molecule has 2 aromatic rings. The Kier molecular flexibility index (Phi) is 5.10. The number of hydrogen-bond acceptors (Lipinski definition) is 5. The zero-order valence-electron chi connectivity index (χ0n) is 14.1. The van der Waals surface area contributed by atoms with E-state index >= 15 is 0 Å². The lowest BCUT2D eigenvalue weighted by atomic mass is 10.1. The Hall–Kier alpha value is -2.41. The maximum Gasteiger partial charge on any atom is 0.317 e. The number of amides is 2. The summed E-state index contributed by atoms with van der Waals surface area (Å²) in [4.78, 5) is 20.6. The molecule has 0 bridgehead atoms. The van der Waals surface area contributed by atoms with E-state index in [0.717, 1.165) is 36.7 Å². The molecule has 1 saturated heterocycles. The van der Waals surface area contributed by atoms with E-state index in [1.54, 1.807) is 12.4 Å². The summed E-state index contributed by atoms with van der Waals surface area (Å²) in [6.45, 7) is 7.71. The van der Waals surface area contributed by atoms with Crippen molar-refractivity contribution in [3.8, 4) is 0 Å². The van der Waals surface area contributed by atoms with Crippen molar-refractivity contribution in [2.24, 2.45) is 0 Å². The molecule has 0 aliphatic carbocycles. The van der Waals surface area contributed by atoms with Crippen LogP contribution in [0.1, 0.15) is 30.0 Å². The Morgan fingerprint density at radius 1 is 1.38 bits per heavy atom. The Labute approximate surface area is 141 Å². The standard InChI is InChI=1S/C17H23N5O2/c1-13-10-16(20-24-13)12-21-6-8-22(9-7-21)17(23)19-14(2)15-4-3-5-18-11-15/h3-5,10-11,14H,6-9,12H2,1-2H3,(H,19,23). The van der Waals surface area contributed by atoms with Crippen LogP contribution in [-0.2, 0) is 6.54 Å². The van der Waals surface area contributed by atoms with Crippen LogP contribution in [0.5, 0.6) is 0 Å².